The Morgan fingerprint density at radius 3 is 2.85 bits per heavy atom. The minimum Gasteiger partial charge on any atom is -0.451 e. The van der Waals surface area contributed by atoms with Crippen LogP contribution in [0.4, 0.5) is 0 Å². The first kappa shape index (κ1) is 14.9. The van der Waals surface area contributed by atoms with Gasteiger partial charge in [0.2, 0.25) is 0 Å². The number of furan rings is 1. The predicted molar refractivity (Wildman–Crippen MR) is 81.2 cm³/mol. The molecule has 1 unspecified atom stereocenters. The summed E-state index contributed by atoms with van der Waals surface area (Å²) in [6.07, 6.45) is 2.31. The monoisotopic (exact) mass is 294 g/mol. The van der Waals surface area contributed by atoms with Crippen molar-refractivity contribution in [1.82, 2.24) is 5.32 Å². The van der Waals surface area contributed by atoms with Crippen LogP contribution in [0.1, 0.15) is 29.0 Å². The van der Waals surface area contributed by atoms with E-state index in [1.165, 1.54) is 0 Å². The minimum absolute atomic E-state index is 0. The number of fused-ring (bicyclic) bond motifs is 1. The molecule has 1 aromatic carbocycles. The van der Waals surface area contributed by atoms with E-state index in [2.05, 4.69) is 5.32 Å². The maximum absolute atomic E-state index is 12.1. The van der Waals surface area contributed by atoms with Crippen molar-refractivity contribution in [3.05, 3.63) is 35.6 Å². The quantitative estimate of drug-likeness (QED) is 0.911. The second-order valence-corrected chi connectivity index (χ2v) is 5.31. The highest BCUT2D eigenvalue weighted by atomic mass is 35.5. The van der Waals surface area contributed by atoms with Crippen molar-refractivity contribution in [2.75, 3.05) is 6.54 Å². The lowest BCUT2D eigenvalue weighted by Crippen LogP contribution is -2.41. The Hall–Kier alpha value is -1.52. The Balaban J connectivity index is 0.00000147. The minimum atomic E-state index is -0.170. The molecule has 0 aliphatic heterocycles. The molecule has 5 heteroatoms. The van der Waals surface area contributed by atoms with E-state index in [1.807, 2.05) is 25.1 Å². The number of nitrogens with one attached hydrogen (secondary N) is 1. The van der Waals surface area contributed by atoms with Gasteiger partial charge in [0.15, 0.2) is 5.76 Å². The molecule has 3 N–H and O–H groups in total. The Bertz CT molecular complexity index is 619. The van der Waals surface area contributed by atoms with E-state index < -0.39 is 0 Å². The fourth-order valence-corrected chi connectivity index (χ4v) is 2.38. The zero-order valence-electron chi connectivity index (χ0n) is 11.4. The van der Waals surface area contributed by atoms with Crippen LogP contribution in [-0.2, 0) is 0 Å². The van der Waals surface area contributed by atoms with Crippen LogP contribution in [0.25, 0.3) is 11.0 Å². The molecule has 108 valence electrons. The maximum Gasteiger partial charge on any atom is 0.287 e. The zero-order chi connectivity index (χ0) is 13.4. The number of hydrogen-bond acceptors (Lipinski definition) is 3. The van der Waals surface area contributed by atoms with Gasteiger partial charge in [0.25, 0.3) is 5.91 Å². The number of carbonyl (C=O) groups excluding carboxylic acids is 1. The fraction of sp³-hybridized carbons (Fsp3) is 0.400. The average Bonchev–Trinajstić information content (AvgIpc) is 3.15. The number of benzene rings is 1. The van der Waals surface area contributed by atoms with Gasteiger partial charge in [-0.05, 0) is 43.9 Å². The van der Waals surface area contributed by atoms with Gasteiger partial charge < -0.3 is 15.5 Å². The van der Waals surface area contributed by atoms with Crippen molar-refractivity contribution < 1.29 is 9.21 Å². The van der Waals surface area contributed by atoms with E-state index in [9.17, 15) is 4.79 Å². The lowest BCUT2D eigenvalue weighted by atomic mass is 10.1. The highest BCUT2D eigenvalue weighted by molar-refractivity contribution is 5.96. The van der Waals surface area contributed by atoms with Gasteiger partial charge in [0, 0.05) is 18.0 Å². The largest absolute Gasteiger partial charge is 0.451 e. The molecule has 1 heterocycles. The number of amides is 1. The first-order valence-electron chi connectivity index (χ1n) is 6.68. The van der Waals surface area contributed by atoms with E-state index in [4.69, 9.17) is 10.2 Å². The van der Waals surface area contributed by atoms with Gasteiger partial charge >= 0.3 is 0 Å². The summed E-state index contributed by atoms with van der Waals surface area (Å²) in [5, 5.41) is 3.92. The smallest absolute Gasteiger partial charge is 0.287 e. The lowest BCUT2D eigenvalue weighted by Gasteiger charge is -2.14. The van der Waals surface area contributed by atoms with E-state index in [0.717, 1.165) is 29.4 Å². The summed E-state index contributed by atoms with van der Waals surface area (Å²) >= 11 is 0. The Labute approximate surface area is 124 Å². The summed E-state index contributed by atoms with van der Waals surface area (Å²) in [5.41, 5.74) is 7.58. The molecular formula is C15H19ClN2O2. The molecule has 1 aromatic heterocycles. The molecule has 1 atom stereocenters. The van der Waals surface area contributed by atoms with Crippen molar-refractivity contribution in [3.8, 4) is 0 Å². The van der Waals surface area contributed by atoms with E-state index in [-0.39, 0.29) is 24.4 Å². The van der Waals surface area contributed by atoms with Crippen molar-refractivity contribution in [2.24, 2.45) is 11.7 Å². The molecule has 0 radical (unpaired) electrons. The van der Waals surface area contributed by atoms with Gasteiger partial charge in [-0.1, -0.05) is 11.6 Å². The Morgan fingerprint density at radius 1 is 1.45 bits per heavy atom. The molecule has 4 nitrogen and oxygen atoms in total. The van der Waals surface area contributed by atoms with E-state index >= 15 is 0 Å². The van der Waals surface area contributed by atoms with Gasteiger partial charge in [-0.25, -0.2) is 0 Å². The number of hydrogen-bond donors (Lipinski definition) is 2. The predicted octanol–water partition coefficient (Wildman–Crippen LogP) is 2.63. The number of carbonyl (C=O) groups is 1. The molecule has 0 spiro atoms. The van der Waals surface area contributed by atoms with E-state index in [0.29, 0.717) is 18.2 Å². The van der Waals surface area contributed by atoms with Crippen LogP contribution in [0.2, 0.25) is 0 Å². The number of rotatable bonds is 4. The van der Waals surface area contributed by atoms with Crippen LogP contribution in [0.15, 0.2) is 28.7 Å². The Kier molecular flexibility index (Phi) is 4.35. The van der Waals surface area contributed by atoms with E-state index in [1.54, 1.807) is 6.07 Å². The van der Waals surface area contributed by atoms with Crippen LogP contribution in [0.3, 0.4) is 0 Å². The molecule has 1 aliphatic rings. The molecule has 0 bridgehead atoms. The van der Waals surface area contributed by atoms with Crippen molar-refractivity contribution in [1.29, 1.82) is 0 Å². The molecule has 1 fully saturated rings. The molecule has 1 aliphatic carbocycles. The third-order valence-corrected chi connectivity index (χ3v) is 3.66. The van der Waals surface area contributed by atoms with Crippen LogP contribution in [-0.4, -0.2) is 18.5 Å². The van der Waals surface area contributed by atoms with Crippen molar-refractivity contribution in [2.45, 2.75) is 25.8 Å². The van der Waals surface area contributed by atoms with Crippen molar-refractivity contribution in [3.63, 3.8) is 0 Å². The molecule has 1 amide bonds. The van der Waals surface area contributed by atoms with Gasteiger partial charge in [-0.2, -0.15) is 0 Å². The van der Waals surface area contributed by atoms with Crippen LogP contribution >= 0.6 is 12.4 Å². The van der Waals surface area contributed by atoms with Gasteiger partial charge in [-0.3, -0.25) is 4.79 Å². The third-order valence-electron chi connectivity index (χ3n) is 3.66. The molecule has 0 saturated heterocycles. The molecular weight excluding hydrogens is 276 g/mol. The summed E-state index contributed by atoms with van der Waals surface area (Å²) in [7, 11) is 0. The van der Waals surface area contributed by atoms with Crippen LogP contribution in [0, 0.1) is 12.8 Å². The summed E-state index contributed by atoms with van der Waals surface area (Å²) in [5.74, 6) is 0.733. The van der Waals surface area contributed by atoms with Gasteiger partial charge in [-0.15, -0.1) is 12.4 Å². The summed E-state index contributed by atoms with van der Waals surface area (Å²) < 4.78 is 5.58. The Morgan fingerprint density at radius 2 is 2.20 bits per heavy atom. The standard InChI is InChI=1S/C15H18N2O2.ClH/c1-9-2-5-13-11(6-9)7-14(19-13)15(18)17-12(8-16)10-3-4-10;/h2,5-7,10,12H,3-4,8,16H2,1H3,(H,17,18);1H. The number of halogens is 1. The zero-order valence-corrected chi connectivity index (χ0v) is 12.2. The highest BCUT2D eigenvalue weighted by Gasteiger charge is 2.31. The normalized spacial score (nSPS) is 15.7. The number of nitrogens with two attached hydrogens (primary N) is 1. The maximum atomic E-state index is 12.1. The fourth-order valence-electron chi connectivity index (χ4n) is 2.38. The first-order valence-corrected chi connectivity index (χ1v) is 6.68. The summed E-state index contributed by atoms with van der Waals surface area (Å²) in [6, 6.07) is 7.74. The van der Waals surface area contributed by atoms with Gasteiger partial charge in [0.05, 0.1) is 0 Å². The van der Waals surface area contributed by atoms with Gasteiger partial charge in [0.1, 0.15) is 5.58 Å². The second-order valence-electron chi connectivity index (χ2n) is 5.31. The lowest BCUT2D eigenvalue weighted by molar-refractivity contribution is 0.0907. The topological polar surface area (TPSA) is 68.3 Å². The van der Waals surface area contributed by atoms with Crippen LogP contribution in [0.5, 0.6) is 0 Å². The molecule has 3 rings (SSSR count). The summed E-state index contributed by atoms with van der Waals surface area (Å²) in [6.45, 7) is 2.50. The molecule has 1 saturated carbocycles. The van der Waals surface area contributed by atoms with Crippen LogP contribution < -0.4 is 11.1 Å². The second kappa shape index (κ2) is 5.85. The summed E-state index contributed by atoms with van der Waals surface area (Å²) in [4.78, 5) is 12.1. The first-order chi connectivity index (χ1) is 9.17. The SMILES string of the molecule is Cc1ccc2oc(C(=O)NC(CN)C3CC3)cc2c1.Cl. The average molecular weight is 295 g/mol. The van der Waals surface area contributed by atoms with Crippen molar-refractivity contribution >= 4 is 29.3 Å². The third kappa shape index (κ3) is 2.97. The highest BCUT2D eigenvalue weighted by Crippen LogP contribution is 2.32. The molecule has 2 aromatic rings. The number of aryl methyl sites for hydroxylation is 1. The molecule has 20 heavy (non-hydrogen) atoms.